The Morgan fingerprint density at radius 3 is 2.59 bits per heavy atom. The summed E-state index contributed by atoms with van der Waals surface area (Å²) in [5.74, 6) is 0.887. The zero-order chi connectivity index (χ0) is 15.5. The number of hydrogen-bond acceptors (Lipinski definition) is 5. The second kappa shape index (κ2) is 6.32. The minimum absolute atomic E-state index is 0.887. The van der Waals surface area contributed by atoms with E-state index in [1.54, 1.807) is 11.3 Å². The second-order valence-corrected chi connectivity index (χ2v) is 6.07. The molecule has 2 heterocycles. The molecule has 1 aromatic carbocycles. The molecular weight excluding hydrogens is 292 g/mol. The number of pyridine rings is 1. The smallest absolute Gasteiger partial charge is 0.185 e. The molecule has 2 aromatic heterocycles. The lowest BCUT2D eigenvalue weighted by molar-refractivity contribution is 0.860. The number of benzene rings is 1. The highest BCUT2D eigenvalue weighted by molar-refractivity contribution is 7.18. The first-order chi connectivity index (χ1) is 10.7. The van der Waals surface area contributed by atoms with Gasteiger partial charge in [-0.2, -0.15) is 0 Å². The third-order valence-electron chi connectivity index (χ3n) is 3.79. The van der Waals surface area contributed by atoms with Crippen LogP contribution in [0.3, 0.4) is 0 Å². The maximum Gasteiger partial charge on any atom is 0.185 e. The zero-order valence-corrected chi connectivity index (χ0v) is 13.9. The second-order valence-electron chi connectivity index (χ2n) is 5.06. The van der Waals surface area contributed by atoms with Crippen LogP contribution in [0.5, 0.6) is 0 Å². The van der Waals surface area contributed by atoms with Crippen molar-refractivity contribution in [2.24, 2.45) is 0 Å². The number of anilines is 2. The molecule has 0 unspecified atom stereocenters. The molecule has 0 saturated heterocycles. The molecule has 4 nitrogen and oxygen atoms in total. The van der Waals surface area contributed by atoms with Gasteiger partial charge in [-0.05, 0) is 36.9 Å². The van der Waals surface area contributed by atoms with Gasteiger partial charge in [0.1, 0.15) is 5.82 Å². The number of thiazole rings is 1. The molecule has 3 aromatic rings. The van der Waals surface area contributed by atoms with Crippen LogP contribution in [0.15, 0.2) is 36.7 Å². The standard InChI is InChI=1S/C17H20N4S/c1-4-21(5-2)17-20-11-15(22-17)12-6-7-13-10-19-16(18-3)9-14(13)8-12/h6-11H,4-5H2,1-3H3,(H,18,19). The molecule has 0 aliphatic heterocycles. The maximum absolute atomic E-state index is 4.57. The van der Waals surface area contributed by atoms with Gasteiger partial charge in [0.25, 0.3) is 0 Å². The molecule has 5 heteroatoms. The van der Waals surface area contributed by atoms with Crippen LogP contribution in [0.2, 0.25) is 0 Å². The monoisotopic (exact) mass is 312 g/mol. The Labute approximate surface area is 134 Å². The van der Waals surface area contributed by atoms with Gasteiger partial charge in [0.2, 0.25) is 0 Å². The van der Waals surface area contributed by atoms with Crippen molar-refractivity contribution in [1.29, 1.82) is 0 Å². The molecule has 22 heavy (non-hydrogen) atoms. The van der Waals surface area contributed by atoms with Crippen molar-refractivity contribution in [2.75, 3.05) is 30.4 Å². The average Bonchev–Trinajstić information content (AvgIpc) is 3.05. The van der Waals surface area contributed by atoms with Gasteiger partial charge in [0.05, 0.1) is 4.88 Å². The molecule has 0 spiro atoms. The first-order valence-electron chi connectivity index (χ1n) is 7.53. The molecule has 0 amide bonds. The molecule has 114 valence electrons. The van der Waals surface area contributed by atoms with Crippen molar-refractivity contribution >= 4 is 33.1 Å². The predicted molar refractivity (Wildman–Crippen MR) is 96.0 cm³/mol. The largest absolute Gasteiger partial charge is 0.373 e. The number of nitrogens with zero attached hydrogens (tertiary/aromatic N) is 3. The van der Waals surface area contributed by atoms with Crippen LogP contribution in [0.25, 0.3) is 21.2 Å². The molecule has 0 fully saturated rings. The van der Waals surface area contributed by atoms with E-state index in [0.29, 0.717) is 0 Å². The third kappa shape index (κ3) is 2.76. The Balaban J connectivity index is 1.99. The van der Waals surface area contributed by atoms with E-state index in [1.165, 1.54) is 15.8 Å². The van der Waals surface area contributed by atoms with E-state index in [0.717, 1.165) is 29.4 Å². The van der Waals surface area contributed by atoms with Gasteiger partial charge in [-0.25, -0.2) is 9.97 Å². The topological polar surface area (TPSA) is 41.1 Å². The van der Waals surface area contributed by atoms with Crippen LogP contribution in [0, 0.1) is 0 Å². The number of nitrogens with one attached hydrogen (secondary N) is 1. The number of fused-ring (bicyclic) bond motifs is 1. The third-order valence-corrected chi connectivity index (χ3v) is 4.90. The first kappa shape index (κ1) is 14.8. The Morgan fingerprint density at radius 2 is 1.86 bits per heavy atom. The predicted octanol–water partition coefficient (Wildman–Crippen LogP) is 4.25. The summed E-state index contributed by atoms with van der Waals surface area (Å²) in [6.07, 6.45) is 3.87. The quantitative estimate of drug-likeness (QED) is 0.765. The van der Waals surface area contributed by atoms with Gasteiger partial charge in [0.15, 0.2) is 5.13 Å². The first-order valence-corrected chi connectivity index (χ1v) is 8.35. The van der Waals surface area contributed by atoms with Crippen LogP contribution in [-0.4, -0.2) is 30.1 Å². The minimum atomic E-state index is 0.887. The van der Waals surface area contributed by atoms with Crippen LogP contribution < -0.4 is 10.2 Å². The molecule has 0 saturated carbocycles. The summed E-state index contributed by atoms with van der Waals surface area (Å²) in [7, 11) is 1.89. The van der Waals surface area contributed by atoms with Crippen molar-refractivity contribution in [3.05, 3.63) is 36.7 Å². The molecule has 0 radical (unpaired) electrons. The molecule has 0 bridgehead atoms. The Bertz CT molecular complexity index is 777. The van der Waals surface area contributed by atoms with E-state index in [-0.39, 0.29) is 0 Å². The lowest BCUT2D eigenvalue weighted by atomic mass is 10.1. The van der Waals surface area contributed by atoms with E-state index in [9.17, 15) is 0 Å². The fourth-order valence-corrected chi connectivity index (χ4v) is 3.51. The molecule has 0 aliphatic carbocycles. The normalized spacial score (nSPS) is 10.9. The summed E-state index contributed by atoms with van der Waals surface area (Å²) in [5.41, 5.74) is 1.21. The van der Waals surface area contributed by atoms with Gasteiger partial charge in [-0.15, -0.1) is 0 Å². The van der Waals surface area contributed by atoms with E-state index < -0.39 is 0 Å². The average molecular weight is 312 g/mol. The SMILES string of the molecule is CCN(CC)c1ncc(-c2ccc3cnc(NC)cc3c2)s1. The summed E-state index contributed by atoms with van der Waals surface area (Å²) in [6, 6.07) is 8.54. The number of rotatable bonds is 5. The van der Waals surface area contributed by atoms with E-state index in [4.69, 9.17) is 0 Å². The summed E-state index contributed by atoms with van der Waals surface area (Å²) < 4.78 is 0. The van der Waals surface area contributed by atoms with Crippen molar-refractivity contribution in [1.82, 2.24) is 9.97 Å². The molecule has 0 aliphatic rings. The van der Waals surface area contributed by atoms with Crippen molar-refractivity contribution in [3.63, 3.8) is 0 Å². The zero-order valence-electron chi connectivity index (χ0n) is 13.1. The van der Waals surface area contributed by atoms with Gasteiger partial charge in [0, 0.05) is 37.9 Å². The van der Waals surface area contributed by atoms with Gasteiger partial charge < -0.3 is 10.2 Å². The highest BCUT2D eigenvalue weighted by Crippen LogP contribution is 2.32. The summed E-state index contributed by atoms with van der Waals surface area (Å²) >= 11 is 1.75. The highest BCUT2D eigenvalue weighted by Gasteiger charge is 2.09. The summed E-state index contributed by atoms with van der Waals surface area (Å²) in [4.78, 5) is 12.4. The van der Waals surface area contributed by atoms with Crippen LogP contribution in [0.4, 0.5) is 10.9 Å². The maximum atomic E-state index is 4.57. The van der Waals surface area contributed by atoms with Gasteiger partial charge in [-0.3, -0.25) is 0 Å². The molecule has 0 atom stereocenters. The number of hydrogen-bond donors (Lipinski definition) is 1. The van der Waals surface area contributed by atoms with Crippen molar-refractivity contribution < 1.29 is 0 Å². The van der Waals surface area contributed by atoms with E-state index in [1.807, 2.05) is 19.4 Å². The van der Waals surface area contributed by atoms with E-state index in [2.05, 4.69) is 58.3 Å². The Morgan fingerprint density at radius 1 is 1.05 bits per heavy atom. The summed E-state index contributed by atoms with van der Waals surface area (Å²) in [5, 5.41) is 6.51. The Hall–Kier alpha value is -2.14. The van der Waals surface area contributed by atoms with Gasteiger partial charge >= 0.3 is 0 Å². The lowest BCUT2D eigenvalue weighted by Gasteiger charge is -2.16. The fourth-order valence-electron chi connectivity index (χ4n) is 2.47. The van der Waals surface area contributed by atoms with Gasteiger partial charge in [-0.1, -0.05) is 23.5 Å². The van der Waals surface area contributed by atoms with Crippen molar-refractivity contribution in [3.8, 4) is 10.4 Å². The molecular formula is C17H20N4S. The Kier molecular flexibility index (Phi) is 4.24. The van der Waals surface area contributed by atoms with Crippen LogP contribution in [-0.2, 0) is 0 Å². The van der Waals surface area contributed by atoms with Crippen LogP contribution in [0.1, 0.15) is 13.8 Å². The lowest BCUT2D eigenvalue weighted by Crippen LogP contribution is -2.21. The van der Waals surface area contributed by atoms with Crippen molar-refractivity contribution in [2.45, 2.75) is 13.8 Å². The minimum Gasteiger partial charge on any atom is -0.373 e. The van der Waals surface area contributed by atoms with Crippen LogP contribution >= 0.6 is 11.3 Å². The number of aromatic nitrogens is 2. The molecule has 3 rings (SSSR count). The highest BCUT2D eigenvalue weighted by atomic mass is 32.1. The van der Waals surface area contributed by atoms with E-state index >= 15 is 0 Å². The summed E-state index contributed by atoms with van der Waals surface area (Å²) in [6.45, 7) is 6.29. The fraction of sp³-hybridized carbons (Fsp3) is 0.294. The molecule has 1 N–H and O–H groups in total.